The molecule has 0 amide bonds. The first-order valence-electron chi connectivity index (χ1n) is 2.40. The second kappa shape index (κ2) is 3.55. The van der Waals surface area contributed by atoms with Crippen LogP contribution in [0.25, 0.3) is 0 Å². The Morgan fingerprint density at radius 1 is 1.09 bits per heavy atom. The van der Waals surface area contributed by atoms with Crippen molar-refractivity contribution in [3.8, 4) is 0 Å². The van der Waals surface area contributed by atoms with E-state index < -0.39 is 22.3 Å². The quantitative estimate of drug-likeness (QED) is 0.539. The summed E-state index contributed by atoms with van der Waals surface area (Å²) in [6.07, 6.45) is -6.14. The molecule has 0 bridgehead atoms. The van der Waals surface area contributed by atoms with Gasteiger partial charge in [-0.2, -0.15) is 22.0 Å². The molecule has 7 heteroatoms. The van der Waals surface area contributed by atoms with E-state index in [0.717, 1.165) is 0 Å². The van der Waals surface area contributed by atoms with Crippen LogP contribution in [0.3, 0.4) is 0 Å². The van der Waals surface area contributed by atoms with Gasteiger partial charge in [-0.3, -0.25) is 0 Å². The third kappa shape index (κ3) is 5.84. The standard InChI is InChI=1S/C4H3Br2F5/c5-2(4(6,10)11)1-3(7,8)9/h2H,1H2/t2-/m0/s1. The van der Waals surface area contributed by atoms with Gasteiger partial charge in [0, 0.05) is 0 Å². The molecule has 0 aromatic heterocycles. The molecule has 0 radical (unpaired) electrons. The summed E-state index contributed by atoms with van der Waals surface area (Å²) in [7, 11) is 0. The van der Waals surface area contributed by atoms with E-state index in [0.29, 0.717) is 0 Å². The SMILES string of the molecule is FC(F)(F)C[C@H](Br)C(F)(F)Br. The highest BCUT2D eigenvalue weighted by atomic mass is 79.9. The van der Waals surface area contributed by atoms with Gasteiger partial charge in [0.25, 0.3) is 0 Å². The molecule has 0 spiro atoms. The summed E-state index contributed by atoms with van der Waals surface area (Å²) in [4.78, 5) is -5.45. The van der Waals surface area contributed by atoms with Gasteiger partial charge in [0.05, 0.1) is 11.2 Å². The molecule has 0 unspecified atom stereocenters. The lowest BCUT2D eigenvalue weighted by Crippen LogP contribution is -2.27. The minimum Gasteiger partial charge on any atom is -0.192 e. The lowest BCUT2D eigenvalue weighted by molar-refractivity contribution is -0.140. The lowest BCUT2D eigenvalue weighted by atomic mass is 10.3. The zero-order valence-corrected chi connectivity index (χ0v) is 8.10. The predicted molar refractivity (Wildman–Crippen MR) is 37.3 cm³/mol. The summed E-state index contributed by atoms with van der Waals surface area (Å²) in [5, 5.41) is 0. The van der Waals surface area contributed by atoms with E-state index in [1.807, 2.05) is 15.9 Å². The Kier molecular flexibility index (Phi) is 3.75. The smallest absolute Gasteiger partial charge is 0.192 e. The average Bonchev–Trinajstić information content (AvgIpc) is 1.56. The molecule has 0 nitrogen and oxygen atoms in total. The van der Waals surface area contributed by atoms with Crippen molar-refractivity contribution in [2.45, 2.75) is 22.3 Å². The van der Waals surface area contributed by atoms with E-state index in [-0.39, 0.29) is 0 Å². The molecule has 0 aromatic rings. The Morgan fingerprint density at radius 2 is 1.45 bits per heavy atom. The molecule has 1 atom stereocenters. The van der Waals surface area contributed by atoms with Crippen LogP contribution in [-0.4, -0.2) is 15.8 Å². The van der Waals surface area contributed by atoms with Gasteiger partial charge in [-0.05, 0) is 15.9 Å². The highest BCUT2D eigenvalue weighted by molar-refractivity contribution is 9.12. The fourth-order valence-corrected chi connectivity index (χ4v) is 0.848. The predicted octanol–water partition coefficient (Wildman–Crippen LogP) is 3.69. The normalized spacial score (nSPS) is 16.6. The summed E-state index contributed by atoms with van der Waals surface area (Å²) >= 11 is 4.03. The Balaban J connectivity index is 3.99. The molecule has 0 rings (SSSR count). The Hall–Kier alpha value is 0.610. The molecule has 0 fully saturated rings. The van der Waals surface area contributed by atoms with E-state index in [1.165, 1.54) is 0 Å². The van der Waals surface area contributed by atoms with Crippen molar-refractivity contribution in [2.75, 3.05) is 0 Å². The number of hydrogen-bond donors (Lipinski definition) is 0. The van der Waals surface area contributed by atoms with Crippen molar-refractivity contribution in [2.24, 2.45) is 0 Å². The van der Waals surface area contributed by atoms with E-state index in [4.69, 9.17) is 0 Å². The summed E-state index contributed by atoms with van der Waals surface area (Å²) in [6.45, 7) is 0. The molecule has 0 saturated carbocycles. The molecule has 0 N–H and O–H groups in total. The van der Waals surface area contributed by atoms with Crippen LogP contribution in [0.4, 0.5) is 22.0 Å². The van der Waals surface area contributed by atoms with Crippen molar-refractivity contribution >= 4 is 31.9 Å². The Labute approximate surface area is 76.4 Å². The van der Waals surface area contributed by atoms with Gasteiger partial charge >= 0.3 is 11.0 Å². The van der Waals surface area contributed by atoms with Crippen LogP contribution in [0.1, 0.15) is 6.42 Å². The van der Waals surface area contributed by atoms with Crippen molar-refractivity contribution in [1.29, 1.82) is 0 Å². The van der Waals surface area contributed by atoms with Gasteiger partial charge in [-0.15, -0.1) is 0 Å². The van der Waals surface area contributed by atoms with Gasteiger partial charge in [0.2, 0.25) is 0 Å². The summed E-state index contributed by atoms with van der Waals surface area (Å²) < 4.78 is 58.4. The first-order valence-corrected chi connectivity index (χ1v) is 4.11. The average molecular weight is 306 g/mol. The van der Waals surface area contributed by atoms with Crippen molar-refractivity contribution in [3.63, 3.8) is 0 Å². The second-order valence-electron chi connectivity index (χ2n) is 1.83. The third-order valence-electron chi connectivity index (χ3n) is 0.766. The summed E-state index contributed by atoms with van der Waals surface area (Å²) in [5.74, 6) is 0. The van der Waals surface area contributed by atoms with Crippen LogP contribution >= 0.6 is 31.9 Å². The fraction of sp³-hybridized carbons (Fsp3) is 1.00. The monoisotopic (exact) mass is 304 g/mol. The van der Waals surface area contributed by atoms with Gasteiger partial charge in [-0.1, -0.05) is 15.9 Å². The van der Waals surface area contributed by atoms with Gasteiger partial charge in [0.15, 0.2) is 0 Å². The van der Waals surface area contributed by atoms with Crippen molar-refractivity contribution < 1.29 is 22.0 Å². The van der Waals surface area contributed by atoms with Gasteiger partial charge in [-0.25, -0.2) is 0 Å². The van der Waals surface area contributed by atoms with Crippen LogP contribution in [0.2, 0.25) is 0 Å². The zero-order chi connectivity index (χ0) is 9.28. The van der Waals surface area contributed by atoms with Crippen molar-refractivity contribution in [1.82, 2.24) is 0 Å². The Bertz CT molecular complexity index is 125. The molecule has 11 heavy (non-hydrogen) atoms. The fourth-order valence-electron chi connectivity index (χ4n) is 0.319. The number of hydrogen-bond acceptors (Lipinski definition) is 0. The van der Waals surface area contributed by atoms with Crippen LogP contribution in [0.15, 0.2) is 0 Å². The highest BCUT2D eigenvalue weighted by Crippen LogP contribution is 2.38. The third-order valence-corrected chi connectivity index (χ3v) is 2.83. The number of alkyl halides is 7. The maximum Gasteiger partial charge on any atom is 0.390 e. The van der Waals surface area contributed by atoms with Crippen LogP contribution in [0, 0.1) is 0 Å². The topological polar surface area (TPSA) is 0 Å². The molecular formula is C4H3Br2F5. The molecule has 0 aliphatic rings. The van der Waals surface area contributed by atoms with E-state index in [1.54, 1.807) is 0 Å². The Morgan fingerprint density at radius 3 is 1.55 bits per heavy atom. The second-order valence-corrected chi connectivity index (χ2v) is 3.99. The van der Waals surface area contributed by atoms with Crippen LogP contribution in [0.5, 0.6) is 0 Å². The number of halogens is 7. The minimum absolute atomic E-state index is 1.56. The molecule has 0 aliphatic heterocycles. The van der Waals surface area contributed by atoms with Gasteiger partial charge < -0.3 is 0 Å². The zero-order valence-electron chi connectivity index (χ0n) is 4.93. The summed E-state index contributed by atoms with van der Waals surface area (Å²) in [5.41, 5.74) is 0. The number of rotatable bonds is 2. The minimum atomic E-state index is -4.58. The molecule has 68 valence electrons. The van der Waals surface area contributed by atoms with Gasteiger partial charge in [0.1, 0.15) is 0 Å². The highest BCUT2D eigenvalue weighted by Gasteiger charge is 2.42. The van der Waals surface area contributed by atoms with Crippen LogP contribution in [-0.2, 0) is 0 Å². The molecular weight excluding hydrogens is 303 g/mol. The lowest BCUT2D eigenvalue weighted by Gasteiger charge is -2.16. The van der Waals surface area contributed by atoms with Crippen LogP contribution < -0.4 is 0 Å². The first kappa shape index (κ1) is 11.6. The maximum atomic E-state index is 12.0. The van der Waals surface area contributed by atoms with E-state index >= 15 is 0 Å². The van der Waals surface area contributed by atoms with Crippen molar-refractivity contribution in [3.05, 3.63) is 0 Å². The molecule has 0 aromatic carbocycles. The van der Waals surface area contributed by atoms with E-state index in [9.17, 15) is 22.0 Å². The molecule has 0 heterocycles. The first-order chi connectivity index (χ1) is 4.63. The molecule has 0 aliphatic carbocycles. The maximum absolute atomic E-state index is 12.0. The largest absolute Gasteiger partial charge is 0.390 e. The molecule has 0 saturated heterocycles. The van der Waals surface area contributed by atoms with E-state index in [2.05, 4.69) is 15.9 Å². The summed E-state index contributed by atoms with van der Waals surface area (Å²) in [6, 6.07) is 0.